The maximum Gasteiger partial charge on any atom is 0.349 e. The number of rotatable bonds is 7. The molecule has 4 aromatic rings. The van der Waals surface area contributed by atoms with Gasteiger partial charge in [-0.1, -0.05) is 24.3 Å². The molecular formula is C24H21N3O5. The largest absolute Gasteiger partial charge is 0.490 e. The topological polar surface area (TPSA) is 104 Å². The molecule has 2 aromatic heterocycles. The monoisotopic (exact) mass is 431 g/mol. The molecule has 0 saturated carbocycles. The average molecular weight is 431 g/mol. The number of hydrogen-bond acceptors (Lipinski definition) is 7. The minimum atomic E-state index is -0.740. The first-order chi connectivity index (χ1) is 15.6. The van der Waals surface area contributed by atoms with Crippen LogP contribution in [0.2, 0.25) is 0 Å². The lowest BCUT2D eigenvalue weighted by Gasteiger charge is -2.09. The second-order valence-electron chi connectivity index (χ2n) is 6.78. The van der Waals surface area contributed by atoms with Crippen LogP contribution in [-0.4, -0.2) is 29.3 Å². The summed E-state index contributed by atoms with van der Waals surface area (Å²) in [6.45, 7) is 4.65. The van der Waals surface area contributed by atoms with Gasteiger partial charge in [-0.3, -0.25) is 4.79 Å². The lowest BCUT2D eigenvalue weighted by molar-refractivity contribution is 0.102. The van der Waals surface area contributed by atoms with E-state index in [1.165, 1.54) is 6.07 Å². The molecule has 2 aromatic carbocycles. The second kappa shape index (κ2) is 9.30. The van der Waals surface area contributed by atoms with Crippen molar-refractivity contribution < 1.29 is 18.7 Å². The molecule has 1 amide bonds. The number of amides is 1. The van der Waals surface area contributed by atoms with Gasteiger partial charge in [-0.15, -0.1) is 10.2 Å². The number of anilines is 1. The van der Waals surface area contributed by atoms with Gasteiger partial charge in [0.05, 0.1) is 18.9 Å². The molecule has 8 heteroatoms. The van der Waals surface area contributed by atoms with Gasteiger partial charge in [0.2, 0.25) is 5.88 Å². The van der Waals surface area contributed by atoms with Crippen molar-refractivity contribution in [3.05, 3.63) is 76.6 Å². The molecule has 1 N–H and O–H groups in total. The van der Waals surface area contributed by atoms with E-state index in [-0.39, 0.29) is 5.56 Å². The number of para-hydroxylation sites is 1. The molecule has 32 heavy (non-hydrogen) atoms. The van der Waals surface area contributed by atoms with Gasteiger partial charge in [0.25, 0.3) is 5.91 Å². The lowest BCUT2D eigenvalue weighted by atomic mass is 10.1. The van der Waals surface area contributed by atoms with Crippen LogP contribution in [0.5, 0.6) is 11.6 Å². The fourth-order valence-corrected chi connectivity index (χ4v) is 3.20. The van der Waals surface area contributed by atoms with Crippen LogP contribution in [0.3, 0.4) is 0 Å². The van der Waals surface area contributed by atoms with Crippen LogP contribution in [0.1, 0.15) is 24.2 Å². The van der Waals surface area contributed by atoms with Gasteiger partial charge in [0.15, 0.2) is 11.3 Å². The summed E-state index contributed by atoms with van der Waals surface area (Å²) in [5.74, 6) is 0.326. The zero-order valence-corrected chi connectivity index (χ0v) is 17.6. The molecule has 0 unspecified atom stereocenters. The van der Waals surface area contributed by atoms with Crippen molar-refractivity contribution in [1.82, 2.24) is 10.2 Å². The number of fused-ring (bicyclic) bond motifs is 1. The van der Waals surface area contributed by atoms with Crippen molar-refractivity contribution in [2.24, 2.45) is 0 Å². The summed E-state index contributed by atoms with van der Waals surface area (Å²) in [4.78, 5) is 25.3. The van der Waals surface area contributed by atoms with Gasteiger partial charge in [0, 0.05) is 22.7 Å². The first-order valence-corrected chi connectivity index (χ1v) is 10.2. The van der Waals surface area contributed by atoms with E-state index in [1.807, 2.05) is 19.9 Å². The molecule has 0 atom stereocenters. The third-order valence-electron chi connectivity index (χ3n) is 4.62. The van der Waals surface area contributed by atoms with E-state index in [0.29, 0.717) is 47.2 Å². The summed E-state index contributed by atoms with van der Waals surface area (Å²) in [6, 6.07) is 17.3. The normalized spacial score (nSPS) is 10.7. The summed E-state index contributed by atoms with van der Waals surface area (Å²) in [5.41, 5.74) is 1.36. The van der Waals surface area contributed by atoms with Crippen LogP contribution in [0.25, 0.3) is 22.2 Å². The molecule has 0 saturated heterocycles. The number of hydrogen-bond donors (Lipinski definition) is 1. The van der Waals surface area contributed by atoms with E-state index < -0.39 is 11.5 Å². The third-order valence-corrected chi connectivity index (χ3v) is 4.62. The first-order valence-electron chi connectivity index (χ1n) is 10.2. The average Bonchev–Trinajstić information content (AvgIpc) is 2.80. The minimum Gasteiger partial charge on any atom is -0.490 e. The minimum absolute atomic E-state index is 0.0996. The highest BCUT2D eigenvalue weighted by atomic mass is 16.5. The van der Waals surface area contributed by atoms with E-state index in [0.717, 1.165) is 5.56 Å². The van der Waals surface area contributed by atoms with Crippen LogP contribution < -0.4 is 20.4 Å². The number of nitrogens with zero attached hydrogens (tertiary/aromatic N) is 2. The predicted octanol–water partition coefficient (Wildman–Crippen LogP) is 4.30. The predicted molar refractivity (Wildman–Crippen MR) is 120 cm³/mol. The Bertz CT molecular complexity index is 1320. The van der Waals surface area contributed by atoms with Gasteiger partial charge in [-0.25, -0.2) is 4.79 Å². The van der Waals surface area contributed by atoms with Gasteiger partial charge in [-0.2, -0.15) is 0 Å². The molecule has 0 aliphatic heterocycles. The van der Waals surface area contributed by atoms with Gasteiger partial charge >= 0.3 is 5.63 Å². The Balaban J connectivity index is 1.59. The highest BCUT2D eigenvalue weighted by Gasteiger charge is 2.16. The summed E-state index contributed by atoms with van der Waals surface area (Å²) >= 11 is 0. The number of carbonyl (C=O) groups is 1. The van der Waals surface area contributed by atoms with E-state index in [4.69, 9.17) is 13.9 Å². The number of carbonyl (C=O) groups excluding carboxylic acids is 1. The molecule has 8 nitrogen and oxygen atoms in total. The van der Waals surface area contributed by atoms with E-state index >= 15 is 0 Å². The maximum absolute atomic E-state index is 12.8. The van der Waals surface area contributed by atoms with Crippen molar-refractivity contribution in [2.45, 2.75) is 13.8 Å². The zero-order valence-electron chi connectivity index (χ0n) is 17.6. The van der Waals surface area contributed by atoms with Crippen LogP contribution in [0.4, 0.5) is 5.69 Å². The van der Waals surface area contributed by atoms with Crippen molar-refractivity contribution >= 4 is 22.6 Å². The van der Waals surface area contributed by atoms with Crippen molar-refractivity contribution in [3.8, 4) is 22.9 Å². The molecule has 2 heterocycles. The van der Waals surface area contributed by atoms with Gasteiger partial charge in [0.1, 0.15) is 5.56 Å². The van der Waals surface area contributed by atoms with E-state index in [2.05, 4.69) is 15.5 Å². The van der Waals surface area contributed by atoms with Gasteiger partial charge in [-0.05, 0) is 44.2 Å². The Labute approximate surface area is 183 Å². The molecule has 0 radical (unpaired) electrons. The van der Waals surface area contributed by atoms with Crippen molar-refractivity contribution in [1.29, 1.82) is 0 Å². The Hall–Kier alpha value is -4.20. The van der Waals surface area contributed by atoms with Crippen molar-refractivity contribution in [2.75, 3.05) is 18.5 Å². The standard InChI is InChI=1S/C24H21N3O5/c1-3-30-20-10-6-8-16-14-18(24(29)32-22(16)20)23(28)25-17-9-5-7-15(13-17)19-11-12-21(27-26-19)31-4-2/h5-14H,3-4H2,1-2H3,(H,25,28). The number of benzene rings is 2. The summed E-state index contributed by atoms with van der Waals surface area (Å²) in [5, 5.41) is 11.5. The summed E-state index contributed by atoms with van der Waals surface area (Å²) < 4.78 is 16.2. The van der Waals surface area contributed by atoms with E-state index in [9.17, 15) is 9.59 Å². The highest BCUT2D eigenvalue weighted by Crippen LogP contribution is 2.26. The molecule has 162 valence electrons. The van der Waals surface area contributed by atoms with Crippen LogP contribution in [0, 0.1) is 0 Å². The van der Waals surface area contributed by atoms with Crippen LogP contribution in [-0.2, 0) is 0 Å². The number of ether oxygens (including phenoxy) is 2. The molecule has 0 bridgehead atoms. The molecule has 4 rings (SSSR count). The van der Waals surface area contributed by atoms with Crippen LogP contribution >= 0.6 is 0 Å². The Kier molecular flexibility index (Phi) is 6.12. The van der Waals surface area contributed by atoms with Gasteiger partial charge < -0.3 is 19.2 Å². The quantitative estimate of drug-likeness (QED) is 0.435. The fourth-order valence-electron chi connectivity index (χ4n) is 3.20. The Morgan fingerprint density at radius 1 is 0.969 bits per heavy atom. The van der Waals surface area contributed by atoms with Crippen LogP contribution in [0.15, 0.2) is 69.9 Å². The molecule has 0 spiro atoms. The lowest BCUT2D eigenvalue weighted by Crippen LogP contribution is -2.20. The molecule has 0 fully saturated rings. The second-order valence-corrected chi connectivity index (χ2v) is 6.78. The maximum atomic E-state index is 12.8. The fraction of sp³-hybridized carbons (Fsp3) is 0.167. The molecule has 0 aliphatic carbocycles. The highest BCUT2D eigenvalue weighted by molar-refractivity contribution is 6.05. The zero-order chi connectivity index (χ0) is 22.5. The van der Waals surface area contributed by atoms with Crippen molar-refractivity contribution in [3.63, 3.8) is 0 Å². The molecular weight excluding hydrogens is 410 g/mol. The third kappa shape index (κ3) is 4.44. The summed E-state index contributed by atoms with van der Waals surface area (Å²) in [6.07, 6.45) is 0. The molecule has 0 aliphatic rings. The number of nitrogens with one attached hydrogen (secondary N) is 1. The van der Waals surface area contributed by atoms with E-state index in [1.54, 1.807) is 48.5 Å². The Morgan fingerprint density at radius 2 is 1.78 bits per heavy atom. The first kappa shape index (κ1) is 21.0. The number of aromatic nitrogens is 2. The smallest absolute Gasteiger partial charge is 0.349 e. The SMILES string of the molecule is CCOc1ccc(-c2cccc(NC(=O)c3cc4cccc(OCC)c4oc3=O)c2)nn1. The Morgan fingerprint density at radius 3 is 2.53 bits per heavy atom. The summed E-state index contributed by atoms with van der Waals surface area (Å²) in [7, 11) is 0.